The van der Waals surface area contributed by atoms with Crippen LogP contribution < -0.4 is 5.32 Å². The summed E-state index contributed by atoms with van der Waals surface area (Å²) in [6, 6.07) is 0.707. The Kier molecular flexibility index (Phi) is 5.58. The van der Waals surface area contributed by atoms with Crippen molar-refractivity contribution in [3.8, 4) is 10.6 Å². The highest BCUT2D eigenvalue weighted by Crippen LogP contribution is 2.35. The van der Waals surface area contributed by atoms with Crippen LogP contribution in [0.4, 0.5) is 0 Å². The minimum atomic E-state index is -0.715. The third kappa shape index (κ3) is 3.95. The molecule has 3 atom stereocenters. The van der Waals surface area contributed by atoms with E-state index >= 15 is 0 Å². The lowest BCUT2D eigenvalue weighted by molar-refractivity contribution is -0.144. The quantitative estimate of drug-likeness (QED) is 0.805. The van der Waals surface area contributed by atoms with Crippen molar-refractivity contribution in [1.82, 2.24) is 25.2 Å². The largest absolute Gasteiger partial charge is 0.391 e. The third-order valence-corrected chi connectivity index (χ3v) is 5.99. The fourth-order valence-corrected chi connectivity index (χ4v) is 4.44. The molecule has 1 aliphatic rings. The van der Waals surface area contributed by atoms with Crippen molar-refractivity contribution in [2.24, 2.45) is 5.41 Å². The molecule has 2 amide bonds. The monoisotopic (exact) mass is 405 g/mol. The van der Waals surface area contributed by atoms with Gasteiger partial charge in [-0.3, -0.25) is 9.59 Å². The predicted octanol–water partition coefficient (Wildman–Crippen LogP) is 1.61. The van der Waals surface area contributed by atoms with E-state index in [-0.39, 0.29) is 24.8 Å². The molecule has 3 heterocycles. The normalized spacial score (nSPS) is 21.0. The summed E-state index contributed by atoms with van der Waals surface area (Å²) in [7, 11) is 1.53. The lowest BCUT2D eigenvalue weighted by Crippen LogP contribution is -2.49. The van der Waals surface area contributed by atoms with Crippen molar-refractivity contribution in [3.63, 3.8) is 0 Å². The molecule has 0 aromatic carbocycles. The van der Waals surface area contributed by atoms with Crippen molar-refractivity contribution >= 4 is 23.2 Å². The molecule has 2 aromatic rings. The number of carbonyl (C=O) groups is 2. The first-order valence-electron chi connectivity index (χ1n) is 9.29. The number of hydrogen-bond acceptors (Lipinski definition) is 6. The van der Waals surface area contributed by atoms with Gasteiger partial charge in [0.25, 0.3) is 0 Å². The predicted molar refractivity (Wildman–Crippen MR) is 107 cm³/mol. The van der Waals surface area contributed by atoms with E-state index in [2.05, 4.69) is 15.6 Å². The molecule has 1 fully saturated rings. The van der Waals surface area contributed by atoms with Crippen molar-refractivity contribution < 1.29 is 14.7 Å². The summed E-state index contributed by atoms with van der Waals surface area (Å²) in [5, 5.41) is 23.2. The number of likely N-dealkylation sites (N-methyl/N-ethyl adjacent to an activating group) is 1. The molecule has 0 unspecified atom stereocenters. The molecular formula is C19H27N5O3S. The van der Waals surface area contributed by atoms with E-state index in [0.717, 1.165) is 10.4 Å². The molecule has 9 heteroatoms. The van der Waals surface area contributed by atoms with Crippen molar-refractivity contribution in [2.75, 3.05) is 13.6 Å². The first-order valence-corrected chi connectivity index (χ1v) is 10.2. The summed E-state index contributed by atoms with van der Waals surface area (Å²) in [5.41, 5.74) is 1.40. The maximum absolute atomic E-state index is 13.5. The molecule has 2 N–H and O–H groups in total. The number of amides is 2. The fourth-order valence-electron chi connectivity index (χ4n) is 3.59. The van der Waals surface area contributed by atoms with E-state index in [0.29, 0.717) is 5.69 Å². The first kappa shape index (κ1) is 20.5. The Labute approximate surface area is 168 Å². The van der Waals surface area contributed by atoms with Crippen LogP contribution in [0.3, 0.4) is 0 Å². The molecular weight excluding hydrogens is 378 g/mol. The smallest absolute Gasteiger partial charge is 0.248 e. The van der Waals surface area contributed by atoms with Crippen LogP contribution in [-0.4, -0.2) is 62.6 Å². The van der Waals surface area contributed by atoms with Crippen LogP contribution in [0.25, 0.3) is 10.6 Å². The Morgan fingerprint density at radius 1 is 1.39 bits per heavy atom. The van der Waals surface area contributed by atoms with Gasteiger partial charge in [-0.25, -0.2) is 4.68 Å². The number of carbonyl (C=O) groups excluding carboxylic acids is 2. The molecule has 0 spiro atoms. The third-order valence-electron chi connectivity index (χ3n) is 4.92. The lowest BCUT2D eigenvalue weighted by Gasteiger charge is -2.34. The van der Waals surface area contributed by atoms with Crippen LogP contribution in [-0.2, 0) is 9.59 Å². The van der Waals surface area contributed by atoms with Gasteiger partial charge in [-0.15, -0.1) is 16.4 Å². The molecule has 3 rings (SSSR count). The number of aryl methyl sites for hydroxylation is 1. The van der Waals surface area contributed by atoms with E-state index in [1.54, 1.807) is 22.2 Å². The van der Waals surface area contributed by atoms with Crippen LogP contribution in [0.1, 0.15) is 38.8 Å². The number of nitrogens with zero attached hydrogens (tertiary/aromatic N) is 4. The Bertz CT molecular complexity index is 869. The van der Waals surface area contributed by atoms with Gasteiger partial charge in [-0.05, 0) is 29.3 Å². The molecule has 152 valence electrons. The number of rotatable bonds is 4. The number of hydrogen-bond donors (Lipinski definition) is 2. The highest BCUT2D eigenvalue weighted by atomic mass is 32.1. The lowest BCUT2D eigenvalue weighted by atomic mass is 9.85. The van der Waals surface area contributed by atoms with Crippen LogP contribution >= 0.6 is 11.3 Å². The summed E-state index contributed by atoms with van der Waals surface area (Å²) in [5.74, 6) is -0.512. The SMILES string of the molecule is CNC(=O)[C@@H]1C[C@@H](O)CN1C(=O)[C@@H](n1cc(-c2cc(C)cs2)nn1)C(C)(C)C. The van der Waals surface area contributed by atoms with Crippen molar-refractivity contribution in [2.45, 2.75) is 52.3 Å². The van der Waals surface area contributed by atoms with Gasteiger partial charge in [0.15, 0.2) is 0 Å². The van der Waals surface area contributed by atoms with Gasteiger partial charge in [0.1, 0.15) is 17.8 Å². The zero-order chi connectivity index (χ0) is 20.6. The number of aromatic nitrogens is 3. The highest BCUT2D eigenvalue weighted by molar-refractivity contribution is 7.13. The molecule has 1 saturated heterocycles. The summed E-state index contributed by atoms with van der Waals surface area (Å²) >= 11 is 1.58. The topological polar surface area (TPSA) is 100 Å². The summed E-state index contributed by atoms with van der Waals surface area (Å²) in [4.78, 5) is 28.2. The van der Waals surface area contributed by atoms with E-state index in [1.807, 2.05) is 39.1 Å². The van der Waals surface area contributed by atoms with Gasteiger partial charge < -0.3 is 15.3 Å². The Morgan fingerprint density at radius 3 is 2.68 bits per heavy atom. The van der Waals surface area contributed by atoms with Crippen molar-refractivity contribution in [3.05, 3.63) is 23.2 Å². The molecule has 0 radical (unpaired) electrons. The second-order valence-corrected chi connectivity index (χ2v) is 9.26. The van der Waals surface area contributed by atoms with Gasteiger partial charge >= 0.3 is 0 Å². The highest BCUT2D eigenvalue weighted by Gasteiger charge is 2.45. The van der Waals surface area contributed by atoms with Gasteiger partial charge in [0.2, 0.25) is 11.8 Å². The number of nitrogens with one attached hydrogen (secondary N) is 1. The summed E-state index contributed by atoms with van der Waals surface area (Å²) in [6.07, 6.45) is 1.30. The maximum atomic E-state index is 13.5. The molecule has 2 aromatic heterocycles. The number of thiophene rings is 1. The Morgan fingerprint density at radius 2 is 2.11 bits per heavy atom. The van der Waals surface area contributed by atoms with Crippen molar-refractivity contribution in [1.29, 1.82) is 0 Å². The maximum Gasteiger partial charge on any atom is 0.248 e. The minimum Gasteiger partial charge on any atom is -0.391 e. The van der Waals surface area contributed by atoms with Gasteiger partial charge in [-0.1, -0.05) is 26.0 Å². The number of aliphatic hydroxyl groups is 1. The van der Waals surface area contributed by atoms with E-state index in [9.17, 15) is 14.7 Å². The molecule has 0 aliphatic carbocycles. The van der Waals surface area contributed by atoms with Crippen LogP contribution in [0.5, 0.6) is 0 Å². The number of aliphatic hydroxyl groups excluding tert-OH is 1. The van der Waals surface area contributed by atoms with E-state index in [1.165, 1.54) is 11.9 Å². The van der Waals surface area contributed by atoms with Gasteiger partial charge in [0.05, 0.1) is 17.2 Å². The van der Waals surface area contributed by atoms with Crippen LogP contribution in [0.2, 0.25) is 0 Å². The summed E-state index contributed by atoms with van der Waals surface area (Å²) in [6.45, 7) is 8.01. The van der Waals surface area contributed by atoms with Crippen LogP contribution in [0.15, 0.2) is 17.6 Å². The molecule has 0 bridgehead atoms. The first-order chi connectivity index (χ1) is 13.1. The van der Waals surface area contributed by atoms with Gasteiger partial charge in [0, 0.05) is 20.0 Å². The zero-order valence-electron chi connectivity index (χ0n) is 16.8. The Hall–Kier alpha value is -2.26. The fraction of sp³-hybridized carbons (Fsp3) is 0.579. The molecule has 0 saturated carbocycles. The Balaban J connectivity index is 1.94. The zero-order valence-corrected chi connectivity index (χ0v) is 17.7. The standard InChI is InChI=1S/C19H27N5O3S/c1-11-6-15(28-10-11)13-9-24(22-21-13)16(19(2,3)4)18(27)23-8-12(25)7-14(23)17(26)20-5/h6,9-10,12,14,16,25H,7-8H2,1-5H3,(H,20,26)/t12-,14+,16-/m1/s1. The van der Waals surface area contributed by atoms with E-state index < -0.39 is 23.6 Å². The average molecular weight is 406 g/mol. The molecule has 28 heavy (non-hydrogen) atoms. The number of β-amino-alcohol motifs (C(OH)–C–C–N with tert-alkyl or cyclic N) is 1. The average Bonchev–Trinajstić information content (AvgIpc) is 3.32. The van der Waals surface area contributed by atoms with E-state index in [4.69, 9.17) is 0 Å². The summed E-state index contributed by atoms with van der Waals surface area (Å²) < 4.78 is 1.58. The molecule has 1 aliphatic heterocycles. The molecule has 8 nitrogen and oxygen atoms in total. The van der Waals surface area contributed by atoms with Gasteiger partial charge in [-0.2, -0.15) is 0 Å². The number of likely N-dealkylation sites (tertiary alicyclic amines) is 1. The second-order valence-electron chi connectivity index (χ2n) is 8.35. The van der Waals surface area contributed by atoms with Crippen LogP contribution in [0, 0.1) is 12.3 Å². The minimum absolute atomic E-state index is 0.134. The second kappa shape index (κ2) is 7.63.